The highest BCUT2D eigenvalue weighted by atomic mass is 16.1. The van der Waals surface area contributed by atoms with Crippen molar-refractivity contribution in [2.75, 3.05) is 0 Å². The molecule has 4 spiro atoms. The maximum atomic E-state index is 13.9. The molecule has 0 unspecified atom stereocenters. The van der Waals surface area contributed by atoms with E-state index in [4.69, 9.17) is 0 Å². The van der Waals surface area contributed by atoms with Crippen LogP contribution in [-0.2, 0) is 9.59 Å². The third-order valence-corrected chi connectivity index (χ3v) is 27.8. The van der Waals surface area contributed by atoms with Gasteiger partial charge in [0.2, 0.25) is 0 Å². The maximum absolute atomic E-state index is 13.9. The SMILES string of the molecule is CCCCCCC1CCC([C@H]2CC[C@]3(CC2)C[C@@]2(CC[C@H]([C@H]4CC[C@H](CCCCCC)CC4)CC2)C3=O)CC1.CCCCCCCC1CCC(C2CCC3(CC2)CC2(CCC(C4CCC(CCCCCCC)CC4)CC2)C3=O)CC1. The third-order valence-electron chi connectivity index (χ3n) is 27.8. The van der Waals surface area contributed by atoms with Crippen LogP contribution in [0, 0.1) is 92.7 Å². The molecule has 0 aromatic heterocycles. The van der Waals surface area contributed by atoms with E-state index in [2.05, 4.69) is 27.7 Å². The topological polar surface area (TPSA) is 34.1 Å². The van der Waals surface area contributed by atoms with Crippen molar-refractivity contribution in [3.05, 3.63) is 0 Å². The van der Waals surface area contributed by atoms with Crippen LogP contribution in [-0.4, -0.2) is 11.6 Å². The smallest absolute Gasteiger partial charge is 0.145 e. The van der Waals surface area contributed by atoms with Gasteiger partial charge in [-0.15, -0.1) is 0 Å². The molecule has 10 saturated carbocycles. The van der Waals surface area contributed by atoms with E-state index in [0.717, 1.165) is 82.6 Å². The number of carbonyl (C=O) groups excluding carboxylic acids is 2. The average Bonchev–Trinajstić information content (AvgIpc) is 3.62. The standard InChI is InChI=1S/C40H70O.C38H66O/c1-3-5-7-9-11-13-32-15-19-34(20-16-32)36-23-27-39(28-24-36)31-40(38(39)41)29-25-37(26-30-40)35-21-17-33(18-22-35)14-12-10-8-6-4-2;1-3-5-7-9-11-30-13-17-32(18-14-30)34-21-25-37(26-22-34)29-38(36(37)39)27-23-35(24-28-38)33-19-15-31(16-20-33)12-10-8-6-4-2/h32-37H,3-31H2,1-2H3;30-35H,3-29H2,1-2H3/t;30-,31?,32-,33?,34-,35-,37-,38-. The summed E-state index contributed by atoms with van der Waals surface area (Å²) in [5, 5.41) is 0. The van der Waals surface area contributed by atoms with Crippen LogP contribution >= 0.6 is 0 Å². The van der Waals surface area contributed by atoms with Gasteiger partial charge in [-0.05, 0) is 238 Å². The van der Waals surface area contributed by atoms with Crippen molar-refractivity contribution in [3.8, 4) is 0 Å². The van der Waals surface area contributed by atoms with E-state index < -0.39 is 0 Å². The molecule has 10 aliphatic rings. The average molecular weight is 1110 g/mol. The molecule has 0 aliphatic heterocycles. The first-order chi connectivity index (χ1) is 39.1. The molecule has 10 rings (SSSR count). The number of unbranched alkanes of at least 4 members (excludes halogenated alkanes) is 14. The van der Waals surface area contributed by atoms with Gasteiger partial charge in [0.1, 0.15) is 11.6 Å². The summed E-state index contributed by atoms with van der Waals surface area (Å²) in [6.45, 7) is 9.28. The lowest BCUT2D eigenvalue weighted by atomic mass is 9.42. The zero-order valence-corrected chi connectivity index (χ0v) is 54.3. The molecule has 10 fully saturated rings. The Labute approximate surface area is 498 Å². The van der Waals surface area contributed by atoms with Crippen LogP contribution in [0.2, 0.25) is 0 Å². The van der Waals surface area contributed by atoms with Crippen LogP contribution in [0.25, 0.3) is 0 Å². The summed E-state index contributed by atoms with van der Waals surface area (Å²) in [6.07, 6.45) is 79.4. The van der Waals surface area contributed by atoms with Crippen molar-refractivity contribution in [2.45, 2.75) is 387 Å². The summed E-state index contributed by atoms with van der Waals surface area (Å²) < 4.78 is 0. The minimum atomic E-state index is 0.133. The summed E-state index contributed by atoms with van der Waals surface area (Å²) in [5.41, 5.74) is 0.535. The summed E-state index contributed by atoms with van der Waals surface area (Å²) in [5.74, 6) is 13.4. The Bertz CT molecular complexity index is 1600. The largest absolute Gasteiger partial charge is 0.298 e. The highest BCUT2D eigenvalue weighted by Gasteiger charge is 2.65. The normalized spacial score (nSPS) is 40.4. The zero-order chi connectivity index (χ0) is 55.7. The van der Waals surface area contributed by atoms with Crippen LogP contribution in [0.1, 0.15) is 387 Å². The zero-order valence-electron chi connectivity index (χ0n) is 54.3. The Balaban J connectivity index is 0.000000194. The number of carbonyl (C=O) groups is 2. The van der Waals surface area contributed by atoms with Gasteiger partial charge < -0.3 is 0 Å². The van der Waals surface area contributed by atoms with E-state index >= 15 is 0 Å². The second-order valence-corrected chi connectivity index (χ2v) is 32.7. The van der Waals surface area contributed by atoms with Crippen molar-refractivity contribution in [1.82, 2.24) is 0 Å². The number of hydrogen-bond donors (Lipinski definition) is 0. The van der Waals surface area contributed by atoms with Gasteiger partial charge in [0, 0.05) is 21.7 Å². The Kier molecular flexibility index (Phi) is 25.4. The van der Waals surface area contributed by atoms with Crippen LogP contribution in [0.15, 0.2) is 0 Å². The van der Waals surface area contributed by atoms with Crippen molar-refractivity contribution in [3.63, 3.8) is 0 Å². The molecule has 0 heterocycles. The molecule has 0 saturated heterocycles. The van der Waals surface area contributed by atoms with Crippen LogP contribution in [0.5, 0.6) is 0 Å². The van der Waals surface area contributed by atoms with Crippen LogP contribution < -0.4 is 0 Å². The van der Waals surface area contributed by atoms with Gasteiger partial charge in [-0.1, -0.05) is 220 Å². The van der Waals surface area contributed by atoms with E-state index in [9.17, 15) is 9.59 Å². The Morgan fingerprint density at radius 1 is 0.237 bits per heavy atom. The highest BCUT2D eigenvalue weighted by Crippen LogP contribution is 2.67. The first-order valence-corrected chi connectivity index (χ1v) is 38.2. The lowest BCUT2D eigenvalue weighted by molar-refractivity contribution is -0.170. The number of hydrogen-bond acceptors (Lipinski definition) is 2. The van der Waals surface area contributed by atoms with Crippen LogP contribution in [0.3, 0.4) is 0 Å². The van der Waals surface area contributed by atoms with Crippen molar-refractivity contribution in [1.29, 1.82) is 0 Å². The second kappa shape index (κ2) is 31.8. The first-order valence-electron chi connectivity index (χ1n) is 38.2. The molecular formula is C78H136O2. The van der Waals surface area contributed by atoms with Crippen LogP contribution in [0.4, 0.5) is 0 Å². The van der Waals surface area contributed by atoms with E-state index in [-0.39, 0.29) is 21.7 Å². The van der Waals surface area contributed by atoms with Gasteiger partial charge in [0.05, 0.1) is 0 Å². The quantitative estimate of drug-likeness (QED) is 0.0809. The summed E-state index contributed by atoms with van der Waals surface area (Å²) in [4.78, 5) is 27.8. The molecule has 0 atom stereocenters. The minimum Gasteiger partial charge on any atom is -0.298 e. The number of ketones is 2. The molecule has 2 nitrogen and oxygen atoms in total. The predicted molar refractivity (Wildman–Crippen MR) is 343 cm³/mol. The lowest BCUT2D eigenvalue weighted by Gasteiger charge is -2.60. The molecule has 0 aromatic carbocycles. The van der Waals surface area contributed by atoms with Crippen molar-refractivity contribution < 1.29 is 9.59 Å². The Morgan fingerprint density at radius 2 is 0.412 bits per heavy atom. The molecule has 0 N–H and O–H groups in total. The summed E-state index contributed by atoms with van der Waals surface area (Å²) >= 11 is 0. The molecule has 0 radical (unpaired) electrons. The first kappa shape index (κ1) is 63.8. The minimum absolute atomic E-state index is 0.133. The monoisotopic (exact) mass is 1110 g/mol. The number of rotatable bonds is 26. The summed E-state index contributed by atoms with van der Waals surface area (Å²) in [7, 11) is 0. The van der Waals surface area contributed by atoms with Gasteiger partial charge in [0.15, 0.2) is 0 Å². The van der Waals surface area contributed by atoms with Crippen molar-refractivity contribution in [2.24, 2.45) is 92.7 Å². The fraction of sp³-hybridized carbons (Fsp3) is 0.974. The van der Waals surface area contributed by atoms with Gasteiger partial charge in [-0.25, -0.2) is 0 Å². The van der Waals surface area contributed by atoms with Crippen molar-refractivity contribution >= 4 is 11.6 Å². The van der Waals surface area contributed by atoms with E-state index in [0.29, 0.717) is 0 Å². The molecule has 80 heavy (non-hydrogen) atoms. The summed E-state index contributed by atoms with van der Waals surface area (Å²) in [6, 6.07) is 0. The number of Topliss-reactive ketones (excluding diaryl/α,β-unsaturated/α-hetero) is 2. The van der Waals surface area contributed by atoms with Gasteiger partial charge >= 0.3 is 0 Å². The molecular weight excluding hydrogens is 969 g/mol. The van der Waals surface area contributed by atoms with E-state index in [1.807, 2.05) is 0 Å². The molecule has 460 valence electrons. The Hall–Kier alpha value is -0.660. The fourth-order valence-corrected chi connectivity index (χ4v) is 22.4. The molecule has 10 aliphatic carbocycles. The highest BCUT2D eigenvalue weighted by molar-refractivity contribution is 5.97. The molecule has 2 heteroatoms. The second-order valence-electron chi connectivity index (χ2n) is 32.7. The van der Waals surface area contributed by atoms with E-state index in [1.165, 1.54) is 360 Å². The molecule has 0 bridgehead atoms. The third kappa shape index (κ3) is 16.5. The molecule has 0 aromatic rings. The maximum Gasteiger partial charge on any atom is 0.145 e. The van der Waals surface area contributed by atoms with Gasteiger partial charge in [-0.2, -0.15) is 0 Å². The lowest BCUT2D eigenvalue weighted by Crippen LogP contribution is -2.60. The fourth-order valence-electron chi connectivity index (χ4n) is 22.4. The Morgan fingerprint density at radius 3 is 0.600 bits per heavy atom. The predicted octanol–water partition coefficient (Wildman–Crippen LogP) is 24.5. The van der Waals surface area contributed by atoms with Gasteiger partial charge in [0.25, 0.3) is 0 Å². The van der Waals surface area contributed by atoms with E-state index in [1.54, 1.807) is 0 Å². The molecule has 0 amide bonds. The van der Waals surface area contributed by atoms with Gasteiger partial charge in [-0.3, -0.25) is 9.59 Å².